The number of carbonyl (C=O) groups is 1. The Morgan fingerprint density at radius 3 is 2.18 bits per heavy atom. The Balaban J connectivity index is 3.02. The lowest BCUT2D eigenvalue weighted by atomic mass is 10.1. The minimum absolute atomic E-state index is 0.0338. The molecule has 0 heterocycles. The van der Waals surface area contributed by atoms with Gasteiger partial charge in [0.2, 0.25) is 15.9 Å². The molecule has 0 fully saturated rings. The van der Waals surface area contributed by atoms with Crippen LogP contribution in [0.5, 0.6) is 0 Å². The smallest absolute Gasteiger partial charge is 0.243 e. The van der Waals surface area contributed by atoms with Crippen LogP contribution in [0, 0.1) is 20.8 Å². The summed E-state index contributed by atoms with van der Waals surface area (Å²) in [5.41, 5.74) is 2.42. The number of amides is 1. The van der Waals surface area contributed by atoms with Crippen LogP contribution in [0.25, 0.3) is 0 Å². The van der Waals surface area contributed by atoms with Gasteiger partial charge in [-0.05, 0) is 45.2 Å². The number of likely N-dealkylation sites (N-methyl/N-ethyl adjacent to an activating group) is 1. The van der Waals surface area contributed by atoms with E-state index in [4.69, 9.17) is 0 Å². The van der Waals surface area contributed by atoms with Crippen molar-refractivity contribution in [2.45, 2.75) is 52.0 Å². The van der Waals surface area contributed by atoms with Gasteiger partial charge in [-0.25, -0.2) is 8.42 Å². The van der Waals surface area contributed by atoms with E-state index in [2.05, 4.69) is 5.32 Å². The fourth-order valence-electron chi connectivity index (χ4n) is 2.44. The highest BCUT2D eigenvalue weighted by atomic mass is 32.2. The van der Waals surface area contributed by atoms with Gasteiger partial charge in [0, 0.05) is 13.1 Å². The molecule has 0 unspecified atom stereocenters. The van der Waals surface area contributed by atoms with Gasteiger partial charge in [-0.2, -0.15) is 4.31 Å². The highest BCUT2D eigenvalue weighted by Crippen LogP contribution is 2.24. The zero-order valence-electron chi connectivity index (χ0n) is 14.2. The SMILES string of the molecule is CC[C@@H](C)NC(=O)CN(C)S(=O)(=O)c1c(C)cc(C)cc1C. The zero-order valence-corrected chi connectivity index (χ0v) is 15.0. The third-order valence-corrected chi connectivity index (χ3v) is 5.77. The minimum Gasteiger partial charge on any atom is -0.353 e. The summed E-state index contributed by atoms with van der Waals surface area (Å²) in [5, 5.41) is 2.78. The maximum absolute atomic E-state index is 12.7. The van der Waals surface area contributed by atoms with E-state index in [-0.39, 0.29) is 23.4 Å². The van der Waals surface area contributed by atoms with Crippen molar-refractivity contribution in [2.24, 2.45) is 0 Å². The first-order chi connectivity index (χ1) is 10.1. The van der Waals surface area contributed by atoms with E-state index in [0.29, 0.717) is 11.1 Å². The van der Waals surface area contributed by atoms with E-state index in [9.17, 15) is 13.2 Å². The molecule has 1 amide bonds. The summed E-state index contributed by atoms with van der Waals surface area (Å²) in [6, 6.07) is 3.71. The second-order valence-electron chi connectivity index (χ2n) is 5.87. The van der Waals surface area contributed by atoms with Crippen molar-refractivity contribution < 1.29 is 13.2 Å². The van der Waals surface area contributed by atoms with E-state index >= 15 is 0 Å². The maximum atomic E-state index is 12.7. The van der Waals surface area contributed by atoms with Gasteiger partial charge < -0.3 is 5.32 Å². The predicted molar refractivity (Wildman–Crippen MR) is 88.4 cm³/mol. The first-order valence-corrected chi connectivity index (χ1v) is 8.87. The molecule has 0 bridgehead atoms. The minimum atomic E-state index is -3.68. The van der Waals surface area contributed by atoms with Crippen LogP contribution >= 0.6 is 0 Å². The number of rotatable bonds is 6. The van der Waals surface area contributed by atoms with Crippen molar-refractivity contribution in [3.05, 3.63) is 28.8 Å². The van der Waals surface area contributed by atoms with Gasteiger partial charge in [-0.15, -0.1) is 0 Å². The van der Waals surface area contributed by atoms with Crippen LogP contribution in [0.1, 0.15) is 37.0 Å². The molecule has 0 aliphatic heterocycles. The highest BCUT2D eigenvalue weighted by molar-refractivity contribution is 7.89. The Bertz CT molecular complexity index is 630. The van der Waals surface area contributed by atoms with Crippen LogP contribution < -0.4 is 5.32 Å². The van der Waals surface area contributed by atoms with E-state index < -0.39 is 10.0 Å². The predicted octanol–water partition coefficient (Wildman–Crippen LogP) is 2.15. The monoisotopic (exact) mass is 326 g/mol. The van der Waals surface area contributed by atoms with Crippen LogP contribution in [0.2, 0.25) is 0 Å². The number of benzene rings is 1. The molecule has 1 aromatic rings. The van der Waals surface area contributed by atoms with Gasteiger partial charge in [0.1, 0.15) is 0 Å². The lowest BCUT2D eigenvalue weighted by Gasteiger charge is -2.21. The zero-order chi connectivity index (χ0) is 17.1. The van der Waals surface area contributed by atoms with E-state index in [1.165, 1.54) is 7.05 Å². The summed E-state index contributed by atoms with van der Waals surface area (Å²) in [6.07, 6.45) is 0.804. The molecule has 6 heteroatoms. The van der Waals surface area contributed by atoms with E-state index in [0.717, 1.165) is 16.3 Å². The molecule has 1 atom stereocenters. The molecule has 0 aliphatic rings. The molecule has 0 radical (unpaired) electrons. The second kappa shape index (κ2) is 7.24. The summed E-state index contributed by atoms with van der Waals surface area (Å²) >= 11 is 0. The van der Waals surface area contributed by atoms with Crippen LogP contribution in [-0.2, 0) is 14.8 Å². The third-order valence-electron chi connectivity index (χ3n) is 3.66. The normalized spacial score (nSPS) is 13.2. The summed E-state index contributed by atoms with van der Waals surface area (Å²) in [4.78, 5) is 12.2. The van der Waals surface area contributed by atoms with Crippen LogP contribution in [0.4, 0.5) is 0 Å². The van der Waals surface area contributed by atoms with E-state index in [1.54, 1.807) is 13.8 Å². The second-order valence-corrected chi connectivity index (χ2v) is 7.85. The molecule has 0 saturated carbocycles. The van der Waals surface area contributed by atoms with Gasteiger partial charge in [-0.1, -0.05) is 24.6 Å². The van der Waals surface area contributed by atoms with Gasteiger partial charge >= 0.3 is 0 Å². The Kier molecular flexibility index (Phi) is 6.14. The molecule has 0 aromatic heterocycles. The van der Waals surface area contributed by atoms with Crippen molar-refractivity contribution >= 4 is 15.9 Å². The van der Waals surface area contributed by atoms with Gasteiger partial charge in [0.15, 0.2) is 0 Å². The Hall–Kier alpha value is -1.40. The van der Waals surface area contributed by atoms with Crippen molar-refractivity contribution in [3.8, 4) is 0 Å². The number of aryl methyl sites for hydroxylation is 3. The van der Waals surface area contributed by atoms with Gasteiger partial charge in [-0.3, -0.25) is 4.79 Å². The molecular weight excluding hydrogens is 300 g/mol. The van der Waals surface area contributed by atoms with Crippen molar-refractivity contribution in [1.82, 2.24) is 9.62 Å². The molecule has 1 aromatic carbocycles. The first-order valence-electron chi connectivity index (χ1n) is 7.43. The maximum Gasteiger partial charge on any atom is 0.243 e. The summed E-state index contributed by atoms with van der Waals surface area (Å²) in [6.45, 7) is 9.16. The Morgan fingerprint density at radius 1 is 1.23 bits per heavy atom. The summed E-state index contributed by atoms with van der Waals surface area (Å²) in [5.74, 6) is -0.289. The number of sulfonamides is 1. The molecule has 0 spiro atoms. The number of hydrogen-bond acceptors (Lipinski definition) is 3. The van der Waals surface area contributed by atoms with Crippen molar-refractivity contribution in [2.75, 3.05) is 13.6 Å². The molecule has 1 N–H and O–H groups in total. The van der Waals surface area contributed by atoms with Crippen molar-refractivity contribution in [3.63, 3.8) is 0 Å². The van der Waals surface area contributed by atoms with E-state index in [1.807, 2.05) is 32.9 Å². The summed E-state index contributed by atoms with van der Waals surface area (Å²) < 4.78 is 26.6. The largest absolute Gasteiger partial charge is 0.353 e. The van der Waals surface area contributed by atoms with Gasteiger partial charge in [0.05, 0.1) is 11.4 Å². The quantitative estimate of drug-likeness (QED) is 0.871. The molecular formula is C16H26N2O3S. The molecule has 22 heavy (non-hydrogen) atoms. The molecule has 124 valence electrons. The fourth-order valence-corrected chi connectivity index (χ4v) is 3.97. The summed E-state index contributed by atoms with van der Waals surface area (Å²) in [7, 11) is -2.25. The number of nitrogens with one attached hydrogen (secondary N) is 1. The number of carbonyl (C=O) groups excluding carboxylic acids is 1. The molecule has 5 nitrogen and oxygen atoms in total. The van der Waals surface area contributed by atoms with Crippen LogP contribution in [0.15, 0.2) is 17.0 Å². The Morgan fingerprint density at radius 2 is 1.73 bits per heavy atom. The lowest BCUT2D eigenvalue weighted by molar-refractivity contribution is -0.121. The average Bonchev–Trinajstić information content (AvgIpc) is 2.36. The fraction of sp³-hybridized carbons (Fsp3) is 0.562. The van der Waals surface area contributed by atoms with Crippen LogP contribution in [-0.4, -0.2) is 38.3 Å². The molecule has 1 rings (SSSR count). The molecule has 0 aliphatic carbocycles. The standard InChI is InChI=1S/C16H26N2O3S/c1-7-14(5)17-15(19)10-18(6)22(20,21)16-12(3)8-11(2)9-13(16)4/h8-9,14H,7,10H2,1-6H3,(H,17,19)/t14-/m1/s1. The highest BCUT2D eigenvalue weighted by Gasteiger charge is 2.26. The number of hydrogen-bond donors (Lipinski definition) is 1. The van der Waals surface area contributed by atoms with Crippen LogP contribution in [0.3, 0.4) is 0 Å². The first kappa shape index (κ1) is 18.6. The third kappa shape index (κ3) is 4.30. The Labute approximate surface area is 133 Å². The molecule has 0 saturated heterocycles. The average molecular weight is 326 g/mol. The van der Waals surface area contributed by atoms with Gasteiger partial charge in [0.25, 0.3) is 0 Å². The topological polar surface area (TPSA) is 66.5 Å². The van der Waals surface area contributed by atoms with Crippen molar-refractivity contribution in [1.29, 1.82) is 0 Å². The number of nitrogens with zero attached hydrogens (tertiary/aromatic N) is 1. The lowest BCUT2D eigenvalue weighted by Crippen LogP contribution is -2.41.